The molecule has 1 aromatic rings. The second-order valence-electron chi connectivity index (χ2n) is 1.18. The molecule has 0 saturated carbocycles. The van der Waals surface area contributed by atoms with Crippen molar-refractivity contribution in [3.05, 3.63) is 36.4 Å². The standard InChI is InChI=1S/C6H5.Al.2ClH.Mg.3H/c1-2-4-6-5-3-1;;;;;;;/h1-5H;;2*1H;;;;/q;;;;+2;;;/p-2. The fourth-order valence-corrected chi connectivity index (χ4v) is 0.342. The molecular formula is C6H8AlCl2Mg. The van der Waals surface area contributed by atoms with Crippen molar-refractivity contribution in [3.63, 3.8) is 0 Å². The Bertz CT molecular complexity index is 98.6. The topological polar surface area (TPSA) is 0 Å². The van der Waals surface area contributed by atoms with Gasteiger partial charge in [0.25, 0.3) is 0 Å². The van der Waals surface area contributed by atoms with Gasteiger partial charge < -0.3 is 18.1 Å². The van der Waals surface area contributed by atoms with Crippen LogP contribution in [0, 0.1) is 6.07 Å². The van der Waals surface area contributed by atoms with Gasteiger partial charge in [-0.3, -0.25) is 0 Å². The summed E-state index contributed by atoms with van der Waals surface area (Å²) in [4.78, 5) is 0. The number of hydrogen-bond acceptors (Lipinski definition) is 0. The predicted octanol–water partition coefficient (Wildman–Crippen LogP) is 1.30. The van der Waals surface area contributed by atoms with Gasteiger partial charge in [0.2, 0.25) is 0 Å². The van der Waals surface area contributed by atoms with Crippen molar-refractivity contribution in [2.45, 2.75) is 0 Å². The summed E-state index contributed by atoms with van der Waals surface area (Å²) in [6.45, 7) is 0. The first-order valence-electron chi connectivity index (χ1n) is 2.45. The van der Waals surface area contributed by atoms with E-state index in [0.29, 0.717) is 0 Å². The van der Waals surface area contributed by atoms with E-state index < -0.39 is 18.2 Å². The number of benzene rings is 1. The van der Waals surface area contributed by atoms with Crippen molar-refractivity contribution in [3.8, 4) is 0 Å². The highest BCUT2D eigenvalue weighted by atomic mass is 35.6. The normalized spacial score (nSPS) is 5.80. The monoisotopic (exact) mass is 201 g/mol. The van der Waals surface area contributed by atoms with E-state index in [4.69, 9.17) is 18.1 Å². The van der Waals surface area contributed by atoms with Gasteiger partial charge in [0.05, 0.1) is 0 Å². The van der Waals surface area contributed by atoms with Crippen LogP contribution in [0.3, 0.4) is 0 Å². The fraction of sp³-hybridized carbons (Fsp3) is 0. The van der Waals surface area contributed by atoms with Crippen LogP contribution < -0.4 is 0 Å². The number of halogens is 2. The lowest BCUT2D eigenvalue weighted by atomic mass is 10.4. The molecule has 0 aliphatic carbocycles. The van der Waals surface area contributed by atoms with E-state index in [9.17, 15) is 0 Å². The molecule has 1 radical (unpaired) electrons. The van der Waals surface area contributed by atoms with Crippen LogP contribution >= 0.6 is 18.1 Å². The summed E-state index contributed by atoms with van der Waals surface area (Å²) in [7, 11) is 9.81. The van der Waals surface area contributed by atoms with E-state index in [1.165, 1.54) is 0 Å². The predicted molar refractivity (Wildman–Crippen MR) is 52.7 cm³/mol. The third kappa shape index (κ3) is 11.8. The van der Waals surface area contributed by atoms with Gasteiger partial charge in [-0.05, 0) is 6.07 Å². The Labute approximate surface area is 89.3 Å². The maximum Gasteiger partial charge on any atom is 0.618 e. The highest BCUT2D eigenvalue weighted by molar-refractivity contribution is 7.22. The van der Waals surface area contributed by atoms with Crippen LogP contribution in [0.25, 0.3) is 0 Å². The average Bonchev–Trinajstić information content (AvgIpc) is 1.93. The van der Waals surface area contributed by atoms with Crippen molar-refractivity contribution in [1.82, 2.24) is 0 Å². The van der Waals surface area contributed by atoms with E-state index in [0.717, 1.165) is 0 Å². The molecular weight excluding hydrogens is 194 g/mol. The van der Waals surface area contributed by atoms with E-state index in [-0.39, 0.29) is 17.4 Å². The van der Waals surface area contributed by atoms with Gasteiger partial charge in [0, 0.05) is 0 Å². The first-order chi connectivity index (χ1) is 4.41. The second kappa shape index (κ2) is 12.7. The largest absolute Gasteiger partial charge is 0.618 e. The van der Waals surface area contributed by atoms with Gasteiger partial charge in [0.15, 0.2) is 17.4 Å². The molecule has 0 nitrogen and oxygen atoms in total. The molecule has 0 aliphatic rings. The quantitative estimate of drug-likeness (QED) is 0.556. The molecule has 4 heteroatoms. The molecule has 0 N–H and O–H groups in total. The second-order valence-corrected chi connectivity index (χ2v) is 3.80. The Morgan fingerprint density at radius 1 is 1.00 bits per heavy atom. The van der Waals surface area contributed by atoms with Crippen molar-refractivity contribution in [1.29, 1.82) is 0 Å². The molecule has 0 amide bonds. The number of hydrogen-bond donors (Lipinski definition) is 0. The van der Waals surface area contributed by atoms with Crippen LogP contribution in [0.2, 0.25) is 0 Å². The minimum absolute atomic E-state index is 0. The van der Waals surface area contributed by atoms with Crippen molar-refractivity contribution < 1.29 is 0 Å². The maximum absolute atomic E-state index is 4.90. The molecule has 51 valence electrons. The van der Waals surface area contributed by atoms with Gasteiger partial charge in [-0.2, -0.15) is 0 Å². The van der Waals surface area contributed by atoms with E-state index >= 15 is 0 Å². The van der Waals surface area contributed by atoms with Crippen LogP contribution in [-0.4, -0.2) is 35.5 Å². The smallest absolute Gasteiger partial charge is 0.309 e. The zero-order valence-electron chi connectivity index (χ0n) is 4.85. The van der Waals surface area contributed by atoms with Gasteiger partial charge in [-0.25, -0.2) is 0 Å². The van der Waals surface area contributed by atoms with Crippen molar-refractivity contribution in [2.24, 2.45) is 0 Å². The molecule has 0 fully saturated rings. The molecule has 0 aliphatic heterocycles. The summed E-state index contributed by atoms with van der Waals surface area (Å²) in [5.41, 5.74) is 0. The van der Waals surface area contributed by atoms with E-state index in [2.05, 4.69) is 6.07 Å². The SMILES string of the molecule is [AlH3].[Cl][Mg][Cl].[c]1ccccc1. The molecule has 0 heterocycles. The van der Waals surface area contributed by atoms with Gasteiger partial charge >= 0.3 is 18.2 Å². The lowest BCUT2D eigenvalue weighted by Gasteiger charge is -1.68. The van der Waals surface area contributed by atoms with Crippen molar-refractivity contribution >= 4 is 53.7 Å². The zero-order valence-corrected chi connectivity index (χ0v) is 7.78. The molecule has 0 bridgehead atoms. The van der Waals surface area contributed by atoms with Crippen LogP contribution in [-0.2, 0) is 0 Å². The molecule has 0 atom stereocenters. The Kier molecular flexibility index (Phi) is 17.4. The summed E-state index contributed by atoms with van der Waals surface area (Å²) < 4.78 is 0. The summed E-state index contributed by atoms with van der Waals surface area (Å²) in [6.07, 6.45) is 0. The van der Waals surface area contributed by atoms with Crippen LogP contribution in [0.4, 0.5) is 0 Å². The summed E-state index contributed by atoms with van der Waals surface area (Å²) in [5, 5.41) is 0. The molecule has 1 aromatic carbocycles. The Morgan fingerprint density at radius 2 is 1.40 bits per heavy atom. The summed E-state index contributed by atoms with van der Waals surface area (Å²) >= 11 is -0.639. The summed E-state index contributed by atoms with van der Waals surface area (Å²) in [5.74, 6) is 0. The highest BCUT2D eigenvalue weighted by Crippen LogP contribution is 1.78. The molecule has 0 spiro atoms. The summed E-state index contributed by atoms with van der Waals surface area (Å²) in [6, 6.07) is 12.5. The Hall–Kier alpha value is 1.10. The van der Waals surface area contributed by atoms with Crippen molar-refractivity contribution in [2.75, 3.05) is 0 Å². The van der Waals surface area contributed by atoms with E-state index in [1.54, 1.807) is 0 Å². The average molecular weight is 202 g/mol. The third-order valence-electron chi connectivity index (χ3n) is 0.607. The first kappa shape index (κ1) is 13.7. The zero-order chi connectivity index (χ0) is 6.95. The fourth-order valence-electron chi connectivity index (χ4n) is 0.342. The lowest BCUT2D eigenvalue weighted by Crippen LogP contribution is -1.49. The molecule has 0 unspecified atom stereocenters. The minimum atomic E-state index is -0.639. The molecule has 0 aromatic heterocycles. The molecule has 10 heavy (non-hydrogen) atoms. The van der Waals surface area contributed by atoms with Crippen LogP contribution in [0.15, 0.2) is 30.3 Å². The van der Waals surface area contributed by atoms with Crippen LogP contribution in [0.5, 0.6) is 0 Å². The minimum Gasteiger partial charge on any atom is -0.309 e. The third-order valence-corrected chi connectivity index (χ3v) is 0.607. The Morgan fingerprint density at radius 3 is 1.50 bits per heavy atom. The van der Waals surface area contributed by atoms with Gasteiger partial charge in [-0.15, -0.1) is 0 Å². The Balaban J connectivity index is 0. The van der Waals surface area contributed by atoms with Gasteiger partial charge in [-0.1, -0.05) is 30.3 Å². The lowest BCUT2D eigenvalue weighted by molar-refractivity contribution is 1.70. The van der Waals surface area contributed by atoms with Crippen LogP contribution in [0.1, 0.15) is 0 Å². The number of rotatable bonds is 0. The maximum atomic E-state index is 4.90. The molecule has 1 rings (SSSR count). The van der Waals surface area contributed by atoms with Gasteiger partial charge in [0.1, 0.15) is 0 Å². The highest BCUT2D eigenvalue weighted by Gasteiger charge is 1.64. The first-order valence-corrected chi connectivity index (χ1v) is 6.72. The molecule has 0 saturated heterocycles. The van der Waals surface area contributed by atoms with E-state index in [1.807, 2.05) is 30.3 Å².